The van der Waals surface area contributed by atoms with E-state index in [0.29, 0.717) is 0 Å². The molecule has 1 heteroatoms. The summed E-state index contributed by atoms with van der Waals surface area (Å²) in [6.45, 7) is 4.02. The van der Waals surface area contributed by atoms with Gasteiger partial charge in [0.1, 0.15) is 5.75 Å². The highest BCUT2D eigenvalue weighted by atomic mass is 16.5. The van der Waals surface area contributed by atoms with Gasteiger partial charge in [-0.2, -0.15) is 0 Å². The molecule has 0 N–H and O–H groups in total. The normalized spacial score (nSPS) is 14.6. The van der Waals surface area contributed by atoms with Crippen molar-refractivity contribution in [2.75, 3.05) is 7.11 Å². The highest BCUT2D eigenvalue weighted by Crippen LogP contribution is 2.33. The van der Waals surface area contributed by atoms with Crippen molar-refractivity contribution in [1.82, 2.24) is 0 Å². The van der Waals surface area contributed by atoms with Crippen molar-refractivity contribution in [3.05, 3.63) is 35.9 Å². The van der Waals surface area contributed by atoms with Gasteiger partial charge in [0.05, 0.1) is 7.11 Å². The molecule has 1 aromatic carbocycles. The number of allylic oxidation sites excluding steroid dienone is 1. The molecule has 0 heterocycles. The van der Waals surface area contributed by atoms with Crippen LogP contribution in [0.5, 0.6) is 5.75 Å². The van der Waals surface area contributed by atoms with Crippen molar-refractivity contribution in [2.24, 2.45) is 0 Å². The second kappa shape index (κ2) is 2.67. The summed E-state index contributed by atoms with van der Waals surface area (Å²) in [7, 11) is 1.69. The molecule has 62 valence electrons. The fraction of sp³-hybridized carbons (Fsp3) is 0.273. The van der Waals surface area contributed by atoms with Crippen molar-refractivity contribution in [3.63, 3.8) is 0 Å². The zero-order valence-electron chi connectivity index (χ0n) is 7.26. The molecule has 12 heavy (non-hydrogen) atoms. The minimum atomic E-state index is 0.928. The highest BCUT2D eigenvalue weighted by Gasteiger charge is 2.14. The number of fused-ring (bicyclic) bond motifs is 1. The van der Waals surface area contributed by atoms with Crippen LogP contribution >= 0.6 is 0 Å². The lowest BCUT2D eigenvalue weighted by molar-refractivity contribution is 0.414. The van der Waals surface area contributed by atoms with Gasteiger partial charge in [-0.3, -0.25) is 0 Å². The first-order chi connectivity index (χ1) is 5.81. The van der Waals surface area contributed by atoms with Crippen LogP contribution in [0, 0.1) is 0 Å². The van der Waals surface area contributed by atoms with Gasteiger partial charge in [-0.15, -0.1) is 0 Å². The van der Waals surface area contributed by atoms with E-state index in [1.807, 2.05) is 6.07 Å². The van der Waals surface area contributed by atoms with Crippen molar-refractivity contribution >= 4 is 5.57 Å². The van der Waals surface area contributed by atoms with Crippen LogP contribution in [-0.2, 0) is 6.42 Å². The first kappa shape index (κ1) is 7.41. The maximum Gasteiger partial charge on any atom is 0.119 e. The van der Waals surface area contributed by atoms with Crippen LogP contribution in [0.2, 0.25) is 0 Å². The fourth-order valence-electron chi connectivity index (χ4n) is 1.65. The molecule has 0 saturated carbocycles. The molecule has 0 fully saturated rings. The second-order valence-corrected chi connectivity index (χ2v) is 3.13. The Morgan fingerprint density at radius 1 is 1.33 bits per heavy atom. The summed E-state index contributed by atoms with van der Waals surface area (Å²) in [4.78, 5) is 0. The number of hydrogen-bond acceptors (Lipinski definition) is 1. The molecule has 0 aromatic heterocycles. The lowest BCUT2D eigenvalue weighted by Gasteiger charge is -2.03. The van der Waals surface area contributed by atoms with Crippen molar-refractivity contribution in [3.8, 4) is 5.75 Å². The standard InChI is InChI=1S/C11H12O/c1-8-3-4-9-5-6-10(12-2)7-11(8)9/h5-7H,1,3-4H2,2H3. The number of methoxy groups -OCH3 is 1. The number of rotatable bonds is 1. The Balaban J connectivity index is 2.50. The molecule has 0 atom stereocenters. The van der Waals surface area contributed by atoms with Crippen LogP contribution < -0.4 is 4.74 Å². The summed E-state index contributed by atoms with van der Waals surface area (Å²) in [5, 5.41) is 0. The van der Waals surface area contributed by atoms with Gasteiger partial charge in [0.15, 0.2) is 0 Å². The molecule has 2 rings (SSSR count). The predicted molar refractivity (Wildman–Crippen MR) is 50.3 cm³/mol. The number of hydrogen-bond donors (Lipinski definition) is 0. The Bertz CT molecular complexity index is 326. The molecule has 0 aliphatic heterocycles. The summed E-state index contributed by atoms with van der Waals surface area (Å²) in [6.07, 6.45) is 2.24. The van der Waals surface area contributed by atoms with Crippen LogP contribution in [0.25, 0.3) is 5.57 Å². The van der Waals surface area contributed by atoms with E-state index in [2.05, 4.69) is 18.7 Å². The molecule has 0 unspecified atom stereocenters. The molecule has 1 nitrogen and oxygen atoms in total. The van der Waals surface area contributed by atoms with Gasteiger partial charge in [-0.25, -0.2) is 0 Å². The van der Waals surface area contributed by atoms with Gasteiger partial charge in [-0.1, -0.05) is 12.6 Å². The minimum Gasteiger partial charge on any atom is -0.497 e. The summed E-state index contributed by atoms with van der Waals surface area (Å²) < 4.78 is 5.15. The predicted octanol–water partition coefficient (Wildman–Crippen LogP) is 2.65. The Labute approximate surface area is 72.7 Å². The molecule has 0 amide bonds. The molecular weight excluding hydrogens is 148 g/mol. The van der Waals surface area contributed by atoms with Gasteiger partial charge < -0.3 is 4.74 Å². The SMILES string of the molecule is C=C1CCc2ccc(OC)cc21. The number of aryl methyl sites for hydroxylation is 1. The summed E-state index contributed by atoms with van der Waals surface area (Å²) >= 11 is 0. The van der Waals surface area contributed by atoms with Gasteiger partial charge in [0.2, 0.25) is 0 Å². The molecule has 1 aromatic rings. The molecule has 0 radical (unpaired) electrons. The van der Waals surface area contributed by atoms with E-state index in [9.17, 15) is 0 Å². The largest absolute Gasteiger partial charge is 0.497 e. The molecule has 1 aliphatic carbocycles. The maximum absolute atomic E-state index is 5.15. The van der Waals surface area contributed by atoms with E-state index in [-0.39, 0.29) is 0 Å². The number of benzene rings is 1. The van der Waals surface area contributed by atoms with Crippen LogP contribution in [0.15, 0.2) is 24.8 Å². The maximum atomic E-state index is 5.15. The van der Waals surface area contributed by atoms with E-state index >= 15 is 0 Å². The average molecular weight is 160 g/mol. The molecule has 0 saturated heterocycles. The Hall–Kier alpha value is -1.24. The van der Waals surface area contributed by atoms with Gasteiger partial charge in [0, 0.05) is 0 Å². The van der Waals surface area contributed by atoms with Crippen molar-refractivity contribution < 1.29 is 4.74 Å². The lowest BCUT2D eigenvalue weighted by Crippen LogP contribution is -1.85. The molecule has 1 aliphatic rings. The Morgan fingerprint density at radius 2 is 2.17 bits per heavy atom. The van der Waals surface area contributed by atoms with Crippen LogP contribution in [0.1, 0.15) is 17.5 Å². The summed E-state index contributed by atoms with van der Waals surface area (Å²) in [6, 6.07) is 6.22. The van der Waals surface area contributed by atoms with E-state index < -0.39 is 0 Å². The zero-order valence-corrected chi connectivity index (χ0v) is 7.26. The Morgan fingerprint density at radius 3 is 2.92 bits per heavy atom. The minimum absolute atomic E-state index is 0.928. The van der Waals surface area contributed by atoms with Crippen molar-refractivity contribution in [1.29, 1.82) is 0 Å². The van der Waals surface area contributed by atoms with E-state index in [1.54, 1.807) is 7.11 Å². The molecule has 0 bridgehead atoms. The first-order valence-electron chi connectivity index (χ1n) is 4.16. The second-order valence-electron chi connectivity index (χ2n) is 3.13. The quantitative estimate of drug-likeness (QED) is 0.613. The summed E-state index contributed by atoms with van der Waals surface area (Å²) in [5.41, 5.74) is 3.93. The monoisotopic (exact) mass is 160 g/mol. The van der Waals surface area contributed by atoms with E-state index in [1.165, 1.54) is 16.7 Å². The van der Waals surface area contributed by atoms with Gasteiger partial charge in [-0.05, 0) is 41.7 Å². The first-order valence-corrected chi connectivity index (χ1v) is 4.16. The zero-order chi connectivity index (χ0) is 8.55. The molecule has 0 spiro atoms. The van der Waals surface area contributed by atoms with Gasteiger partial charge >= 0.3 is 0 Å². The van der Waals surface area contributed by atoms with Crippen LogP contribution in [-0.4, -0.2) is 7.11 Å². The summed E-state index contributed by atoms with van der Waals surface area (Å²) in [5.74, 6) is 0.928. The molecular formula is C11H12O. The van der Waals surface area contributed by atoms with E-state index in [0.717, 1.165) is 18.6 Å². The smallest absolute Gasteiger partial charge is 0.119 e. The fourth-order valence-corrected chi connectivity index (χ4v) is 1.65. The van der Waals surface area contributed by atoms with Crippen molar-refractivity contribution in [2.45, 2.75) is 12.8 Å². The van der Waals surface area contributed by atoms with Crippen LogP contribution in [0.4, 0.5) is 0 Å². The van der Waals surface area contributed by atoms with Gasteiger partial charge in [0.25, 0.3) is 0 Å². The number of ether oxygens (including phenoxy) is 1. The third kappa shape index (κ3) is 1.02. The lowest BCUT2D eigenvalue weighted by atomic mass is 10.1. The third-order valence-corrected chi connectivity index (χ3v) is 2.39. The third-order valence-electron chi connectivity index (χ3n) is 2.39. The topological polar surface area (TPSA) is 9.23 Å². The highest BCUT2D eigenvalue weighted by molar-refractivity contribution is 5.71. The van der Waals surface area contributed by atoms with E-state index in [4.69, 9.17) is 4.74 Å². The average Bonchev–Trinajstić information content (AvgIpc) is 2.47. The Kier molecular flexibility index (Phi) is 1.65. The van der Waals surface area contributed by atoms with Crippen LogP contribution in [0.3, 0.4) is 0 Å².